The molecule has 132 valence electrons. The van der Waals surface area contributed by atoms with E-state index in [2.05, 4.69) is 43.6 Å². The molecule has 1 fully saturated rings. The third-order valence-corrected chi connectivity index (χ3v) is 4.56. The van der Waals surface area contributed by atoms with Crippen LogP contribution in [-0.2, 0) is 0 Å². The minimum Gasteiger partial charge on any atom is -0.359 e. The van der Waals surface area contributed by atoms with Crippen molar-refractivity contribution in [1.82, 2.24) is 20.2 Å². The fourth-order valence-corrected chi connectivity index (χ4v) is 3.08. The fourth-order valence-electron chi connectivity index (χ4n) is 3.08. The summed E-state index contributed by atoms with van der Waals surface area (Å²) in [5.74, 6) is 3.13. The van der Waals surface area contributed by atoms with E-state index < -0.39 is 0 Å². The van der Waals surface area contributed by atoms with Crippen LogP contribution >= 0.6 is 0 Å². The molecular formula is C17H24N8. The molecule has 0 atom stereocenters. The highest BCUT2D eigenvalue weighted by molar-refractivity contribution is 6.01. The van der Waals surface area contributed by atoms with Gasteiger partial charge in [-0.25, -0.2) is 15.0 Å². The highest BCUT2D eigenvalue weighted by Gasteiger charge is 2.17. The summed E-state index contributed by atoms with van der Waals surface area (Å²) in [4.78, 5) is 17.0. The van der Waals surface area contributed by atoms with Crippen LogP contribution in [0, 0.1) is 17.2 Å². The van der Waals surface area contributed by atoms with E-state index in [1.807, 2.05) is 18.0 Å². The highest BCUT2D eigenvalue weighted by Crippen LogP contribution is 2.19. The molecule has 0 amide bonds. The predicted molar refractivity (Wildman–Crippen MR) is 98.3 cm³/mol. The molecule has 2 N–H and O–H groups in total. The number of piperidine rings is 1. The summed E-state index contributed by atoms with van der Waals surface area (Å²) in [6.07, 6.45) is 5.64. The Morgan fingerprint density at radius 2 is 2.20 bits per heavy atom. The second-order valence-corrected chi connectivity index (χ2v) is 6.52. The Morgan fingerprint density at radius 3 is 2.92 bits per heavy atom. The van der Waals surface area contributed by atoms with Gasteiger partial charge in [0.1, 0.15) is 35.6 Å². The molecule has 0 aromatic carbocycles. The van der Waals surface area contributed by atoms with Gasteiger partial charge in [-0.2, -0.15) is 5.26 Å². The zero-order valence-corrected chi connectivity index (χ0v) is 14.7. The second-order valence-electron chi connectivity index (χ2n) is 6.52. The number of aliphatic imine (C=N–C) groups is 1. The maximum atomic E-state index is 8.93. The Balaban J connectivity index is 1.66. The van der Waals surface area contributed by atoms with Crippen LogP contribution in [0.3, 0.4) is 0 Å². The van der Waals surface area contributed by atoms with E-state index in [4.69, 9.17) is 5.26 Å². The van der Waals surface area contributed by atoms with Gasteiger partial charge in [-0.15, -0.1) is 0 Å². The zero-order valence-electron chi connectivity index (χ0n) is 14.7. The van der Waals surface area contributed by atoms with E-state index >= 15 is 0 Å². The Bertz CT molecular complexity index is 699. The van der Waals surface area contributed by atoms with Gasteiger partial charge in [0.15, 0.2) is 0 Å². The number of nitrogens with zero attached hydrogens (tertiary/aromatic N) is 6. The fraction of sp³-hybridized carbons (Fsp3) is 0.529. The zero-order chi connectivity index (χ0) is 17.6. The van der Waals surface area contributed by atoms with Crippen LogP contribution < -0.4 is 15.5 Å². The van der Waals surface area contributed by atoms with Crippen LogP contribution in [0.25, 0.3) is 0 Å². The molecule has 0 saturated carbocycles. The monoisotopic (exact) mass is 340 g/mol. The number of nitrogens with one attached hydrogen (secondary N) is 2. The average Bonchev–Trinajstić information content (AvgIpc) is 2.64. The lowest BCUT2D eigenvalue weighted by Gasteiger charge is -2.28. The van der Waals surface area contributed by atoms with Crippen LogP contribution in [0.15, 0.2) is 29.4 Å². The van der Waals surface area contributed by atoms with E-state index in [1.54, 1.807) is 12.5 Å². The molecule has 0 aliphatic carbocycles. The summed E-state index contributed by atoms with van der Waals surface area (Å²) in [5, 5.41) is 15.6. The van der Waals surface area contributed by atoms with E-state index in [9.17, 15) is 0 Å². The van der Waals surface area contributed by atoms with Gasteiger partial charge < -0.3 is 20.4 Å². The third-order valence-electron chi connectivity index (χ3n) is 4.56. The lowest BCUT2D eigenvalue weighted by molar-refractivity contribution is 0.377. The summed E-state index contributed by atoms with van der Waals surface area (Å²) in [7, 11) is 3.99. The van der Waals surface area contributed by atoms with E-state index in [0.29, 0.717) is 18.2 Å². The normalized spacial score (nSPS) is 18.2. The SMILES string of the molecule is CN1CC(C#N)=NC=C1Nc1cc(N(C)CC2CCNCC2)ncn1. The summed E-state index contributed by atoms with van der Waals surface area (Å²) >= 11 is 0. The molecule has 0 radical (unpaired) electrons. The summed E-state index contributed by atoms with van der Waals surface area (Å²) < 4.78 is 0. The number of hydrogen-bond acceptors (Lipinski definition) is 8. The Kier molecular flexibility index (Phi) is 5.46. The smallest absolute Gasteiger partial charge is 0.137 e. The predicted octanol–water partition coefficient (Wildman–Crippen LogP) is 1.03. The summed E-state index contributed by atoms with van der Waals surface area (Å²) in [6.45, 7) is 3.68. The van der Waals surface area contributed by atoms with Crippen LogP contribution in [0.2, 0.25) is 0 Å². The molecule has 1 aromatic rings. The Morgan fingerprint density at radius 1 is 1.40 bits per heavy atom. The standard InChI is InChI=1S/C17H24N8/c1-24(10-13-3-5-19-6-4-13)16-7-15(21-12-22-16)23-17-9-20-14(8-18)11-25(17)2/h7,9,12-13,19H,3-6,10-11H2,1-2H3,(H,21,22,23). The van der Waals surface area contributed by atoms with Crippen molar-refractivity contribution >= 4 is 17.3 Å². The van der Waals surface area contributed by atoms with Crippen molar-refractivity contribution in [3.05, 3.63) is 24.4 Å². The van der Waals surface area contributed by atoms with Crippen molar-refractivity contribution in [1.29, 1.82) is 5.26 Å². The van der Waals surface area contributed by atoms with Gasteiger partial charge in [0.25, 0.3) is 0 Å². The second kappa shape index (κ2) is 7.94. The molecule has 0 unspecified atom stereocenters. The Hall–Kier alpha value is -2.66. The van der Waals surface area contributed by atoms with Gasteiger partial charge >= 0.3 is 0 Å². The maximum absolute atomic E-state index is 8.93. The quantitative estimate of drug-likeness (QED) is 0.827. The molecular weight excluding hydrogens is 316 g/mol. The lowest BCUT2D eigenvalue weighted by atomic mass is 9.98. The van der Waals surface area contributed by atoms with Crippen LogP contribution in [0.5, 0.6) is 0 Å². The molecule has 8 nitrogen and oxygen atoms in total. The molecule has 0 bridgehead atoms. The highest BCUT2D eigenvalue weighted by atomic mass is 15.3. The minimum atomic E-state index is 0.489. The van der Waals surface area contributed by atoms with Gasteiger partial charge in [0.2, 0.25) is 0 Å². The molecule has 25 heavy (non-hydrogen) atoms. The minimum absolute atomic E-state index is 0.489. The molecule has 2 aliphatic rings. The molecule has 2 aliphatic heterocycles. The summed E-state index contributed by atoms with van der Waals surface area (Å²) in [5.41, 5.74) is 0.498. The number of rotatable bonds is 5. The van der Waals surface area contributed by atoms with Crippen molar-refractivity contribution in [3.8, 4) is 6.07 Å². The molecule has 1 saturated heterocycles. The Labute approximate surface area is 148 Å². The van der Waals surface area contributed by atoms with Crippen molar-refractivity contribution in [2.75, 3.05) is 50.5 Å². The first-order valence-electron chi connectivity index (χ1n) is 8.54. The molecule has 0 spiro atoms. The van der Waals surface area contributed by atoms with Crippen LogP contribution in [0.4, 0.5) is 11.6 Å². The number of nitriles is 1. The largest absolute Gasteiger partial charge is 0.359 e. The molecule has 3 heterocycles. The van der Waals surface area contributed by atoms with E-state index in [1.165, 1.54) is 12.8 Å². The third kappa shape index (κ3) is 4.45. The maximum Gasteiger partial charge on any atom is 0.137 e. The molecule has 3 rings (SSSR count). The molecule has 8 heteroatoms. The van der Waals surface area contributed by atoms with Gasteiger partial charge in [-0.3, -0.25) is 0 Å². The van der Waals surface area contributed by atoms with E-state index in [0.717, 1.165) is 37.1 Å². The number of anilines is 2. The van der Waals surface area contributed by atoms with Crippen molar-refractivity contribution in [2.45, 2.75) is 12.8 Å². The summed E-state index contributed by atoms with van der Waals surface area (Å²) in [6, 6.07) is 4.02. The number of hydrogen-bond donors (Lipinski definition) is 2. The first-order chi connectivity index (χ1) is 12.2. The van der Waals surface area contributed by atoms with Gasteiger partial charge in [0, 0.05) is 26.7 Å². The van der Waals surface area contributed by atoms with Crippen molar-refractivity contribution in [2.24, 2.45) is 10.9 Å². The first kappa shape index (κ1) is 17.2. The van der Waals surface area contributed by atoms with Gasteiger partial charge in [0.05, 0.1) is 12.7 Å². The molecule has 1 aromatic heterocycles. The topological polar surface area (TPSA) is 92.5 Å². The number of aromatic nitrogens is 2. The van der Waals surface area contributed by atoms with Crippen LogP contribution in [0.1, 0.15) is 12.8 Å². The average molecular weight is 340 g/mol. The van der Waals surface area contributed by atoms with Crippen molar-refractivity contribution in [3.63, 3.8) is 0 Å². The lowest BCUT2D eigenvalue weighted by Crippen LogP contribution is -2.35. The van der Waals surface area contributed by atoms with Gasteiger partial charge in [-0.05, 0) is 31.8 Å². The van der Waals surface area contributed by atoms with Crippen molar-refractivity contribution < 1.29 is 0 Å². The first-order valence-corrected chi connectivity index (χ1v) is 8.54. The van der Waals surface area contributed by atoms with Crippen LogP contribution in [-0.4, -0.2) is 60.9 Å². The van der Waals surface area contributed by atoms with Gasteiger partial charge in [-0.1, -0.05) is 0 Å². The van der Waals surface area contributed by atoms with E-state index in [-0.39, 0.29) is 0 Å².